The first-order chi connectivity index (χ1) is 8.77. The molecule has 0 atom stereocenters. The second kappa shape index (κ2) is 6.37. The van der Waals surface area contributed by atoms with E-state index < -0.39 is 5.97 Å². The third-order valence-corrected chi connectivity index (χ3v) is 2.89. The molecule has 0 unspecified atom stereocenters. The number of rotatable bonds is 5. The van der Waals surface area contributed by atoms with Gasteiger partial charge in [0.15, 0.2) is 0 Å². The molecule has 2 rings (SSSR count). The van der Waals surface area contributed by atoms with Crippen LogP contribution in [0.15, 0.2) is 24.3 Å². The summed E-state index contributed by atoms with van der Waals surface area (Å²) >= 11 is 0. The molecule has 0 aliphatic carbocycles. The molecule has 5 heteroatoms. The zero-order valence-electron chi connectivity index (χ0n) is 10.2. The molecule has 1 aliphatic rings. The first kappa shape index (κ1) is 12.9. The molecule has 1 aliphatic heterocycles. The highest BCUT2D eigenvalue weighted by atomic mass is 16.5. The molecule has 0 radical (unpaired) electrons. The molecule has 1 aromatic rings. The summed E-state index contributed by atoms with van der Waals surface area (Å²) in [7, 11) is 0. The Morgan fingerprint density at radius 1 is 1.33 bits per heavy atom. The maximum atomic E-state index is 11.0. The van der Waals surface area contributed by atoms with Crippen LogP contribution >= 0.6 is 0 Å². The van der Waals surface area contributed by atoms with E-state index in [2.05, 4.69) is 4.90 Å². The minimum absolute atomic E-state index is 0.208. The van der Waals surface area contributed by atoms with Gasteiger partial charge < -0.3 is 14.6 Å². The normalized spacial score (nSPS) is 16.4. The van der Waals surface area contributed by atoms with E-state index >= 15 is 0 Å². The Balaban J connectivity index is 1.84. The van der Waals surface area contributed by atoms with Gasteiger partial charge in [-0.1, -0.05) is 12.1 Å². The molecule has 1 aromatic carbocycles. The maximum Gasteiger partial charge on any atom is 0.339 e. The van der Waals surface area contributed by atoms with E-state index in [0.717, 1.165) is 32.8 Å². The van der Waals surface area contributed by atoms with Crippen LogP contribution in [0.1, 0.15) is 10.4 Å². The number of hydrogen-bond acceptors (Lipinski definition) is 4. The summed E-state index contributed by atoms with van der Waals surface area (Å²) in [6.45, 7) is 4.60. The quantitative estimate of drug-likeness (QED) is 0.849. The van der Waals surface area contributed by atoms with E-state index in [1.165, 1.54) is 0 Å². The van der Waals surface area contributed by atoms with Gasteiger partial charge in [0, 0.05) is 19.6 Å². The number of nitrogens with zero attached hydrogens (tertiary/aromatic N) is 1. The van der Waals surface area contributed by atoms with Crippen molar-refractivity contribution in [1.82, 2.24) is 4.90 Å². The van der Waals surface area contributed by atoms with E-state index in [1.54, 1.807) is 24.3 Å². The minimum Gasteiger partial charge on any atom is -0.491 e. The summed E-state index contributed by atoms with van der Waals surface area (Å²) in [4.78, 5) is 13.2. The molecule has 0 spiro atoms. The van der Waals surface area contributed by atoms with Crippen LogP contribution < -0.4 is 4.74 Å². The van der Waals surface area contributed by atoms with Crippen molar-refractivity contribution >= 4 is 5.97 Å². The number of carboxylic acid groups (broad SMARTS) is 1. The van der Waals surface area contributed by atoms with E-state index in [-0.39, 0.29) is 5.56 Å². The second-order valence-electron chi connectivity index (χ2n) is 4.10. The lowest BCUT2D eigenvalue weighted by Crippen LogP contribution is -2.38. The van der Waals surface area contributed by atoms with Crippen molar-refractivity contribution in [2.45, 2.75) is 0 Å². The summed E-state index contributed by atoms with van der Waals surface area (Å²) in [5.74, 6) is -0.532. The zero-order chi connectivity index (χ0) is 12.8. The Labute approximate surface area is 106 Å². The molecule has 1 saturated heterocycles. The number of benzene rings is 1. The second-order valence-corrected chi connectivity index (χ2v) is 4.10. The largest absolute Gasteiger partial charge is 0.491 e. The molecule has 98 valence electrons. The molecular formula is C13H17NO4. The lowest BCUT2D eigenvalue weighted by molar-refractivity contribution is 0.0321. The standard InChI is InChI=1S/C13H17NO4/c15-13(16)11-3-1-2-4-12(11)18-10-7-14-5-8-17-9-6-14/h1-4H,5-10H2,(H,15,16). The lowest BCUT2D eigenvalue weighted by Gasteiger charge is -2.26. The van der Waals surface area contributed by atoms with Crippen molar-refractivity contribution < 1.29 is 19.4 Å². The van der Waals surface area contributed by atoms with Crippen LogP contribution in [0, 0.1) is 0 Å². The van der Waals surface area contributed by atoms with Gasteiger partial charge in [-0.3, -0.25) is 4.90 Å². The van der Waals surface area contributed by atoms with Crippen LogP contribution in [0.4, 0.5) is 0 Å². The van der Waals surface area contributed by atoms with Gasteiger partial charge in [-0.25, -0.2) is 4.79 Å². The Hall–Kier alpha value is -1.59. The number of morpholine rings is 1. The van der Waals surface area contributed by atoms with Crippen LogP contribution in [-0.2, 0) is 4.74 Å². The highest BCUT2D eigenvalue weighted by Crippen LogP contribution is 2.17. The molecule has 5 nitrogen and oxygen atoms in total. The molecule has 0 aromatic heterocycles. The third-order valence-electron chi connectivity index (χ3n) is 2.89. The monoisotopic (exact) mass is 251 g/mol. The van der Waals surface area contributed by atoms with E-state index in [1.807, 2.05) is 0 Å². The molecule has 0 bridgehead atoms. The first-order valence-corrected chi connectivity index (χ1v) is 6.02. The fourth-order valence-corrected chi connectivity index (χ4v) is 1.88. The first-order valence-electron chi connectivity index (χ1n) is 6.02. The van der Waals surface area contributed by atoms with E-state index in [4.69, 9.17) is 14.6 Å². The lowest BCUT2D eigenvalue weighted by atomic mass is 10.2. The SMILES string of the molecule is O=C(O)c1ccccc1OCCN1CCOCC1. The fraction of sp³-hybridized carbons (Fsp3) is 0.462. The van der Waals surface area contributed by atoms with Crippen LogP contribution in [-0.4, -0.2) is 55.4 Å². The average molecular weight is 251 g/mol. The van der Waals surface area contributed by atoms with Gasteiger partial charge in [-0.2, -0.15) is 0 Å². The summed E-state index contributed by atoms with van der Waals surface area (Å²) in [5.41, 5.74) is 0.208. The zero-order valence-corrected chi connectivity index (χ0v) is 10.2. The van der Waals surface area contributed by atoms with Gasteiger partial charge in [-0.15, -0.1) is 0 Å². The smallest absolute Gasteiger partial charge is 0.339 e. The molecule has 1 heterocycles. The Kier molecular flexibility index (Phi) is 4.55. The van der Waals surface area contributed by atoms with Crippen molar-refractivity contribution in [3.8, 4) is 5.75 Å². The number of carboxylic acids is 1. The molecule has 0 saturated carbocycles. The minimum atomic E-state index is -0.961. The molecule has 0 amide bonds. The number of aromatic carboxylic acids is 1. The molecule has 1 fully saturated rings. The molecular weight excluding hydrogens is 234 g/mol. The Morgan fingerprint density at radius 2 is 2.06 bits per heavy atom. The van der Waals surface area contributed by atoms with Crippen molar-refractivity contribution in [1.29, 1.82) is 0 Å². The Morgan fingerprint density at radius 3 is 2.78 bits per heavy atom. The predicted octanol–water partition coefficient (Wildman–Crippen LogP) is 1.10. The average Bonchev–Trinajstić information content (AvgIpc) is 2.40. The van der Waals surface area contributed by atoms with E-state index in [0.29, 0.717) is 12.4 Å². The summed E-state index contributed by atoms with van der Waals surface area (Å²) in [5, 5.41) is 9.01. The van der Waals surface area contributed by atoms with Crippen molar-refractivity contribution in [2.75, 3.05) is 39.5 Å². The topological polar surface area (TPSA) is 59.0 Å². The van der Waals surface area contributed by atoms with Gasteiger partial charge >= 0.3 is 5.97 Å². The highest BCUT2D eigenvalue weighted by molar-refractivity contribution is 5.90. The molecule has 18 heavy (non-hydrogen) atoms. The highest BCUT2D eigenvalue weighted by Gasteiger charge is 2.12. The third kappa shape index (κ3) is 3.45. The van der Waals surface area contributed by atoms with Gasteiger partial charge in [0.05, 0.1) is 13.2 Å². The van der Waals surface area contributed by atoms with Crippen LogP contribution in [0.3, 0.4) is 0 Å². The maximum absolute atomic E-state index is 11.0. The van der Waals surface area contributed by atoms with Gasteiger partial charge in [-0.05, 0) is 12.1 Å². The Bertz CT molecular complexity index is 402. The molecule has 1 N–H and O–H groups in total. The van der Waals surface area contributed by atoms with Crippen LogP contribution in [0.5, 0.6) is 5.75 Å². The van der Waals surface area contributed by atoms with Crippen molar-refractivity contribution in [2.24, 2.45) is 0 Å². The van der Waals surface area contributed by atoms with Crippen LogP contribution in [0.25, 0.3) is 0 Å². The van der Waals surface area contributed by atoms with Gasteiger partial charge in [0.25, 0.3) is 0 Å². The van der Waals surface area contributed by atoms with Crippen molar-refractivity contribution in [3.05, 3.63) is 29.8 Å². The fourth-order valence-electron chi connectivity index (χ4n) is 1.88. The van der Waals surface area contributed by atoms with E-state index in [9.17, 15) is 4.79 Å². The number of carbonyl (C=O) groups is 1. The predicted molar refractivity (Wildman–Crippen MR) is 66.2 cm³/mol. The van der Waals surface area contributed by atoms with Crippen molar-refractivity contribution in [3.63, 3.8) is 0 Å². The summed E-state index contributed by atoms with van der Waals surface area (Å²) in [6, 6.07) is 6.70. The van der Waals surface area contributed by atoms with Crippen LogP contribution in [0.2, 0.25) is 0 Å². The summed E-state index contributed by atoms with van der Waals surface area (Å²) < 4.78 is 10.8. The number of para-hydroxylation sites is 1. The number of hydrogen-bond donors (Lipinski definition) is 1. The number of ether oxygens (including phenoxy) is 2. The van der Waals surface area contributed by atoms with Gasteiger partial charge in [0.2, 0.25) is 0 Å². The summed E-state index contributed by atoms with van der Waals surface area (Å²) in [6.07, 6.45) is 0. The van der Waals surface area contributed by atoms with Gasteiger partial charge in [0.1, 0.15) is 17.9 Å².